The van der Waals surface area contributed by atoms with E-state index in [1.165, 1.54) is 0 Å². The molecule has 1 saturated carbocycles. The molecule has 3 nitrogen and oxygen atoms in total. The molecule has 1 aliphatic carbocycles. The third kappa shape index (κ3) is 1.37. The molecule has 0 bridgehead atoms. The van der Waals surface area contributed by atoms with Crippen molar-refractivity contribution in [3.8, 4) is 0 Å². The molecule has 1 fully saturated rings. The molecule has 0 saturated heterocycles. The number of allylic oxidation sites excluding steroid dienone is 1. The van der Waals surface area contributed by atoms with Crippen molar-refractivity contribution in [2.45, 2.75) is 31.2 Å². The maximum absolute atomic E-state index is 10.8. The first-order valence-corrected chi connectivity index (χ1v) is 4.24. The second-order valence-corrected chi connectivity index (χ2v) is 3.46. The van der Waals surface area contributed by atoms with Gasteiger partial charge in [0.2, 0.25) is 0 Å². The molecule has 3 N–H and O–H groups in total. The van der Waals surface area contributed by atoms with Crippen LogP contribution in [0.25, 0.3) is 0 Å². The van der Waals surface area contributed by atoms with Crippen LogP contribution < -0.4 is 5.73 Å². The Hall–Kier alpha value is -0.830. The van der Waals surface area contributed by atoms with Crippen molar-refractivity contribution in [2.75, 3.05) is 0 Å². The van der Waals surface area contributed by atoms with E-state index in [0.717, 1.165) is 12.8 Å². The number of carboxylic acid groups (broad SMARTS) is 1. The van der Waals surface area contributed by atoms with Crippen molar-refractivity contribution in [1.29, 1.82) is 0 Å². The lowest BCUT2D eigenvalue weighted by Crippen LogP contribution is -2.50. The lowest BCUT2D eigenvalue weighted by atomic mass is 9.86. The Morgan fingerprint density at radius 3 is 3.00 bits per heavy atom. The maximum atomic E-state index is 10.8. The van der Waals surface area contributed by atoms with Gasteiger partial charge in [0, 0.05) is 0 Å². The zero-order valence-electron chi connectivity index (χ0n) is 7.12. The molecular weight excluding hydrogens is 154 g/mol. The summed E-state index contributed by atoms with van der Waals surface area (Å²) in [5, 5.41) is 8.91. The zero-order chi connectivity index (χ0) is 9.19. The van der Waals surface area contributed by atoms with Crippen LogP contribution in [-0.2, 0) is 4.79 Å². The van der Waals surface area contributed by atoms with E-state index in [1.54, 1.807) is 6.08 Å². The molecule has 12 heavy (non-hydrogen) atoms. The summed E-state index contributed by atoms with van der Waals surface area (Å²) in [6.07, 6.45) is 4.89. The maximum Gasteiger partial charge on any atom is 0.323 e. The third-order valence-electron chi connectivity index (χ3n) is 2.72. The minimum atomic E-state index is -0.992. The normalized spacial score (nSPS) is 34.9. The lowest BCUT2D eigenvalue weighted by molar-refractivity contribution is -0.144. The van der Waals surface area contributed by atoms with Crippen LogP contribution in [0.4, 0.5) is 0 Å². The van der Waals surface area contributed by atoms with Crippen LogP contribution in [-0.4, -0.2) is 16.6 Å². The van der Waals surface area contributed by atoms with Gasteiger partial charge in [-0.05, 0) is 25.2 Å². The van der Waals surface area contributed by atoms with E-state index in [4.69, 9.17) is 10.8 Å². The van der Waals surface area contributed by atoms with Crippen LogP contribution in [0.15, 0.2) is 12.7 Å². The van der Waals surface area contributed by atoms with Crippen molar-refractivity contribution in [2.24, 2.45) is 11.7 Å². The van der Waals surface area contributed by atoms with Crippen molar-refractivity contribution in [3.05, 3.63) is 12.7 Å². The number of aliphatic carboxylic acids is 1. The van der Waals surface area contributed by atoms with Gasteiger partial charge in [-0.2, -0.15) is 0 Å². The SMILES string of the molecule is C=CCC1CCCC1(N)C(=O)O. The minimum Gasteiger partial charge on any atom is -0.480 e. The number of carbonyl (C=O) groups is 1. The van der Waals surface area contributed by atoms with E-state index in [1.807, 2.05) is 0 Å². The van der Waals surface area contributed by atoms with Gasteiger partial charge in [-0.1, -0.05) is 12.5 Å². The molecule has 0 aromatic carbocycles. The first-order chi connectivity index (χ1) is 5.61. The fourth-order valence-electron chi connectivity index (χ4n) is 1.91. The second-order valence-electron chi connectivity index (χ2n) is 3.46. The van der Waals surface area contributed by atoms with E-state index in [-0.39, 0.29) is 5.92 Å². The van der Waals surface area contributed by atoms with Gasteiger partial charge >= 0.3 is 5.97 Å². The highest BCUT2D eigenvalue weighted by molar-refractivity contribution is 5.79. The van der Waals surface area contributed by atoms with Crippen LogP contribution in [0, 0.1) is 5.92 Å². The molecule has 0 amide bonds. The van der Waals surface area contributed by atoms with Gasteiger partial charge in [0.25, 0.3) is 0 Å². The third-order valence-corrected chi connectivity index (χ3v) is 2.72. The number of rotatable bonds is 3. The molecule has 1 aliphatic rings. The molecule has 0 aromatic heterocycles. The standard InChI is InChI=1S/C9H15NO2/c1-2-4-7-5-3-6-9(7,10)8(11)12/h2,7H,1,3-6,10H2,(H,11,12). The Bertz CT molecular complexity index is 203. The van der Waals surface area contributed by atoms with Crippen LogP contribution in [0.3, 0.4) is 0 Å². The summed E-state index contributed by atoms with van der Waals surface area (Å²) in [5.41, 5.74) is 4.79. The van der Waals surface area contributed by atoms with Gasteiger partial charge in [-0.3, -0.25) is 4.79 Å². The fourth-order valence-corrected chi connectivity index (χ4v) is 1.91. The van der Waals surface area contributed by atoms with E-state index in [0.29, 0.717) is 12.8 Å². The molecule has 0 radical (unpaired) electrons. The Morgan fingerprint density at radius 2 is 2.50 bits per heavy atom. The molecule has 2 unspecified atom stereocenters. The molecule has 3 heteroatoms. The largest absolute Gasteiger partial charge is 0.480 e. The fraction of sp³-hybridized carbons (Fsp3) is 0.667. The van der Waals surface area contributed by atoms with Crippen molar-refractivity contribution in [3.63, 3.8) is 0 Å². The molecule has 68 valence electrons. The quantitative estimate of drug-likeness (QED) is 0.623. The number of carboxylic acids is 1. The number of hydrogen-bond acceptors (Lipinski definition) is 2. The predicted octanol–water partition coefficient (Wildman–Crippen LogP) is 1.14. The molecular formula is C9H15NO2. The monoisotopic (exact) mass is 169 g/mol. The highest BCUT2D eigenvalue weighted by Crippen LogP contribution is 2.36. The topological polar surface area (TPSA) is 63.3 Å². The van der Waals surface area contributed by atoms with Gasteiger partial charge in [-0.15, -0.1) is 6.58 Å². The predicted molar refractivity (Wildman–Crippen MR) is 46.7 cm³/mol. The van der Waals surface area contributed by atoms with Crippen LogP contribution in [0.5, 0.6) is 0 Å². The average Bonchev–Trinajstić information content (AvgIpc) is 2.35. The van der Waals surface area contributed by atoms with Gasteiger partial charge in [0.1, 0.15) is 5.54 Å². The summed E-state index contributed by atoms with van der Waals surface area (Å²) in [7, 11) is 0. The van der Waals surface area contributed by atoms with E-state index < -0.39 is 11.5 Å². The Balaban J connectivity index is 2.73. The minimum absolute atomic E-state index is 0.0764. The highest BCUT2D eigenvalue weighted by Gasteiger charge is 2.44. The van der Waals surface area contributed by atoms with Gasteiger partial charge in [0.15, 0.2) is 0 Å². The first-order valence-electron chi connectivity index (χ1n) is 4.24. The van der Waals surface area contributed by atoms with Crippen LogP contribution in [0.2, 0.25) is 0 Å². The highest BCUT2D eigenvalue weighted by atomic mass is 16.4. The van der Waals surface area contributed by atoms with Crippen molar-refractivity contribution >= 4 is 5.97 Å². The molecule has 0 heterocycles. The Morgan fingerprint density at radius 1 is 1.83 bits per heavy atom. The second kappa shape index (κ2) is 3.27. The van der Waals surface area contributed by atoms with Gasteiger partial charge in [0.05, 0.1) is 0 Å². The van der Waals surface area contributed by atoms with Crippen molar-refractivity contribution < 1.29 is 9.90 Å². The number of nitrogens with two attached hydrogens (primary N) is 1. The van der Waals surface area contributed by atoms with Crippen LogP contribution in [0.1, 0.15) is 25.7 Å². The summed E-state index contributed by atoms with van der Waals surface area (Å²) in [6, 6.07) is 0. The lowest BCUT2D eigenvalue weighted by Gasteiger charge is -2.25. The van der Waals surface area contributed by atoms with E-state index >= 15 is 0 Å². The summed E-state index contributed by atoms with van der Waals surface area (Å²) in [4.78, 5) is 10.8. The molecule has 1 rings (SSSR count). The summed E-state index contributed by atoms with van der Waals surface area (Å²) >= 11 is 0. The number of hydrogen-bond donors (Lipinski definition) is 2. The van der Waals surface area contributed by atoms with Crippen molar-refractivity contribution in [1.82, 2.24) is 0 Å². The Labute approximate surface area is 72.3 Å². The Kier molecular flexibility index (Phi) is 2.52. The molecule has 0 aliphatic heterocycles. The van der Waals surface area contributed by atoms with Crippen LogP contribution >= 0.6 is 0 Å². The zero-order valence-corrected chi connectivity index (χ0v) is 7.12. The smallest absolute Gasteiger partial charge is 0.323 e. The van der Waals surface area contributed by atoms with E-state index in [9.17, 15) is 4.79 Å². The van der Waals surface area contributed by atoms with Gasteiger partial charge in [-0.25, -0.2) is 0 Å². The summed E-state index contributed by atoms with van der Waals surface area (Å²) in [5.74, 6) is -0.792. The molecule has 0 aromatic rings. The average molecular weight is 169 g/mol. The first kappa shape index (κ1) is 9.26. The van der Waals surface area contributed by atoms with Gasteiger partial charge < -0.3 is 10.8 Å². The summed E-state index contributed by atoms with van der Waals surface area (Å²) in [6.45, 7) is 3.60. The molecule has 2 atom stereocenters. The molecule has 0 spiro atoms. The van der Waals surface area contributed by atoms with E-state index in [2.05, 4.69) is 6.58 Å². The summed E-state index contributed by atoms with van der Waals surface area (Å²) < 4.78 is 0.